The summed E-state index contributed by atoms with van der Waals surface area (Å²) in [7, 11) is 0. The van der Waals surface area contributed by atoms with E-state index in [4.69, 9.17) is 4.74 Å². The van der Waals surface area contributed by atoms with Crippen LogP contribution in [-0.4, -0.2) is 55.6 Å². The highest BCUT2D eigenvalue weighted by molar-refractivity contribution is 5.72. The highest BCUT2D eigenvalue weighted by Crippen LogP contribution is 2.39. The Bertz CT molecular complexity index is 1250. The Morgan fingerprint density at radius 3 is 2.70 bits per heavy atom. The summed E-state index contributed by atoms with van der Waals surface area (Å²) in [5, 5.41) is 15.8. The van der Waals surface area contributed by atoms with Crippen LogP contribution in [0.3, 0.4) is 0 Å². The van der Waals surface area contributed by atoms with Crippen LogP contribution < -0.4 is 10.6 Å². The number of amides is 1. The summed E-state index contributed by atoms with van der Waals surface area (Å²) in [6, 6.07) is 2.48. The van der Waals surface area contributed by atoms with Gasteiger partial charge in [-0.3, -0.25) is 9.84 Å². The van der Waals surface area contributed by atoms with Gasteiger partial charge in [0.05, 0.1) is 11.9 Å². The first-order valence-electron chi connectivity index (χ1n) is 11.2. The van der Waals surface area contributed by atoms with Gasteiger partial charge in [-0.05, 0) is 32.8 Å². The predicted molar refractivity (Wildman–Crippen MR) is 116 cm³/mol. The Morgan fingerprint density at radius 2 is 2.03 bits per heavy atom. The minimum absolute atomic E-state index is 0.0867. The number of aromatic amines is 1. The van der Waals surface area contributed by atoms with Crippen molar-refractivity contribution >= 4 is 23.2 Å². The number of carbonyl (C=O) groups is 1. The number of alkyl halides is 6. The lowest BCUT2D eigenvalue weighted by molar-refractivity contribution is -0.330. The molecule has 0 spiro atoms. The van der Waals surface area contributed by atoms with Crippen molar-refractivity contribution in [1.82, 2.24) is 30.1 Å². The normalized spacial score (nSPS) is 20.2. The lowest BCUT2D eigenvalue weighted by Crippen LogP contribution is -2.36. The molecule has 16 heteroatoms. The summed E-state index contributed by atoms with van der Waals surface area (Å²) >= 11 is 0. The third-order valence-corrected chi connectivity index (χ3v) is 5.54. The molecular weight excluding hydrogens is 512 g/mol. The zero-order valence-electron chi connectivity index (χ0n) is 19.5. The van der Waals surface area contributed by atoms with Gasteiger partial charge in [0.15, 0.2) is 11.6 Å². The molecule has 1 aliphatic carbocycles. The highest BCUT2D eigenvalue weighted by atomic mass is 19.4. The van der Waals surface area contributed by atoms with Gasteiger partial charge in [0, 0.05) is 23.7 Å². The summed E-state index contributed by atoms with van der Waals surface area (Å²) in [6.07, 6.45) is -9.53. The summed E-state index contributed by atoms with van der Waals surface area (Å²) in [5.74, 6) is -0.725. The van der Waals surface area contributed by atoms with E-state index in [2.05, 4.69) is 35.7 Å². The van der Waals surface area contributed by atoms with Crippen LogP contribution in [0.25, 0.3) is 5.52 Å². The number of H-pyrrole nitrogens is 1. The van der Waals surface area contributed by atoms with Crippen molar-refractivity contribution in [3.05, 3.63) is 35.4 Å². The minimum atomic E-state index is -4.90. The van der Waals surface area contributed by atoms with Crippen LogP contribution in [0.5, 0.6) is 0 Å². The molecule has 0 radical (unpaired) electrons. The molecule has 3 aromatic heterocycles. The van der Waals surface area contributed by atoms with Crippen LogP contribution in [0.1, 0.15) is 56.1 Å². The molecule has 0 saturated heterocycles. The molecule has 3 N–H and O–H groups in total. The van der Waals surface area contributed by atoms with Gasteiger partial charge in [-0.1, -0.05) is 0 Å². The van der Waals surface area contributed by atoms with Crippen molar-refractivity contribution in [3.8, 4) is 0 Å². The number of ether oxygens (including phenoxy) is 2. The van der Waals surface area contributed by atoms with Crippen LogP contribution >= 0.6 is 0 Å². The van der Waals surface area contributed by atoms with Crippen LogP contribution in [-0.2, 0) is 16.1 Å². The fourth-order valence-electron chi connectivity index (χ4n) is 3.98. The monoisotopic (exact) mass is 535 g/mol. The Hall–Kier alpha value is -3.56. The molecule has 1 saturated carbocycles. The molecule has 0 unspecified atom stereocenters. The Morgan fingerprint density at radius 1 is 1.27 bits per heavy atom. The standard InChI is InChI=1S/C21H23F6N7O3/c1-9(2)28-20(35)37-15-4-3-11(17(15)22)12-6-16(32-31-12)30-19-14-5-10(8-36-21(25,26)27)33-34(14)7-13(29-19)18(23)24/h5-7,9,11,15,17-18H,3-4,8H2,1-2H3,(H,28,35)(H2,29,30,31,32)/t11-,15-,17+/m1/s1. The van der Waals surface area contributed by atoms with Gasteiger partial charge in [0.25, 0.3) is 6.43 Å². The van der Waals surface area contributed by atoms with Crippen molar-refractivity contribution in [1.29, 1.82) is 0 Å². The van der Waals surface area contributed by atoms with E-state index >= 15 is 4.39 Å². The molecule has 1 aliphatic rings. The zero-order chi connectivity index (χ0) is 26.9. The first kappa shape index (κ1) is 26.5. The molecular formula is C21H23F6N7O3. The van der Waals surface area contributed by atoms with E-state index < -0.39 is 49.4 Å². The smallest absolute Gasteiger partial charge is 0.443 e. The van der Waals surface area contributed by atoms with E-state index in [-0.39, 0.29) is 35.3 Å². The Balaban J connectivity index is 1.51. The summed E-state index contributed by atoms with van der Waals surface area (Å²) in [6.45, 7) is 2.55. The number of hydrogen-bond donors (Lipinski definition) is 3. The number of nitrogens with zero attached hydrogens (tertiary/aromatic N) is 4. The molecule has 3 aromatic rings. The summed E-state index contributed by atoms with van der Waals surface area (Å²) in [5.41, 5.74) is -0.394. The van der Waals surface area contributed by atoms with E-state index in [9.17, 15) is 26.7 Å². The number of halogens is 6. The fraction of sp³-hybridized carbons (Fsp3) is 0.524. The average molecular weight is 535 g/mol. The molecule has 3 atom stereocenters. The molecule has 0 aromatic carbocycles. The van der Waals surface area contributed by atoms with E-state index in [0.717, 1.165) is 10.7 Å². The van der Waals surface area contributed by atoms with Crippen LogP contribution in [0.2, 0.25) is 0 Å². The van der Waals surface area contributed by atoms with Gasteiger partial charge in [0.2, 0.25) is 0 Å². The van der Waals surface area contributed by atoms with Crippen molar-refractivity contribution in [2.75, 3.05) is 5.32 Å². The van der Waals surface area contributed by atoms with Crippen molar-refractivity contribution in [2.24, 2.45) is 0 Å². The van der Waals surface area contributed by atoms with E-state index in [1.807, 2.05) is 0 Å². The SMILES string of the molecule is CC(C)NC(=O)O[C@@H]1CC[C@H](c2cc(Nc3nc(C(F)F)cn4nc(COC(F)(F)F)cc34)n[nH]2)[C@@H]1F. The molecule has 1 amide bonds. The first-order valence-corrected chi connectivity index (χ1v) is 11.2. The molecule has 10 nitrogen and oxygen atoms in total. The van der Waals surface area contributed by atoms with Crippen molar-refractivity contribution < 1.29 is 40.6 Å². The van der Waals surface area contributed by atoms with E-state index in [1.165, 1.54) is 12.1 Å². The molecule has 3 heterocycles. The lowest BCUT2D eigenvalue weighted by Gasteiger charge is -2.18. The maximum absolute atomic E-state index is 15.0. The number of alkyl carbamates (subject to hydrolysis) is 1. The quantitative estimate of drug-likeness (QED) is 0.352. The van der Waals surface area contributed by atoms with E-state index in [0.29, 0.717) is 12.1 Å². The highest BCUT2D eigenvalue weighted by Gasteiger charge is 2.41. The van der Waals surface area contributed by atoms with Crippen LogP contribution in [0.15, 0.2) is 18.3 Å². The Labute approximate surface area is 205 Å². The number of rotatable bonds is 8. The van der Waals surface area contributed by atoms with E-state index in [1.54, 1.807) is 13.8 Å². The van der Waals surface area contributed by atoms with Gasteiger partial charge >= 0.3 is 12.5 Å². The number of hydrogen-bond acceptors (Lipinski definition) is 7. The first-order chi connectivity index (χ1) is 17.4. The topological polar surface area (TPSA) is 118 Å². The molecule has 4 rings (SSSR count). The van der Waals surface area contributed by atoms with Crippen LogP contribution in [0.4, 0.5) is 42.8 Å². The number of fused-ring (bicyclic) bond motifs is 1. The van der Waals surface area contributed by atoms with Gasteiger partial charge in [-0.15, -0.1) is 13.2 Å². The predicted octanol–water partition coefficient (Wildman–Crippen LogP) is 4.89. The number of nitrogens with one attached hydrogen (secondary N) is 3. The number of carbonyl (C=O) groups excluding carboxylic acids is 1. The fourth-order valence-corrected chi connectivity index (χ4v) is 3.98. The molecule has 37 heavy (non-hydrogen) atoms. The van der Waals surface area contributed by atoms with Gasteiger partial charge < -0.3 is 15.4 Å². The molecule has 0 aliphatic heterocycles. The maximum Gasteiger partial charge on any atom is 0.522 e. The molecule has 202 valence electrons. The van der Waals surface area contributed by atoms with Gasteiger partial charge in [-0.2, -0.15) is 10.2 Å². The maximum atomic E-state index is 15.0. The largest absolute Gasteiger partial charge is 0.522 e. The lowest BCUT2D eigenvalue weighted by atomic mass is 10.0. The number of anilines is 2. The zero-order valence-corrected chi connectivity index (χ0v) is 19.5. The van der Waals surface area contributed by atoms with Crippen molar-refractivity contribution in [2.45, 2.75) is 70.3 Å². The third kappa shape index (κ3) is 6.42. The van der Waals surface area contributed by atoms with Crippen molar-refractivity contribution in [3.63, 3.8) is 0 Å². The number of aromatic nitrogens is 5. The second-order valence-electron chi connectivity index (χ2n) is 8.72. The average Bonchev–Trinajstić information content (AvgIpc) is 3.50. The minimum Gasteiger partial charge on any atom is -0.443 e. The Kier molecular flexibility index (Phi) is 7.47. The van der Waals surface area contributed by atoms with Crippen LogP contribution in [0, 0.1) is 0 Å². The second-order valence-corrected chi connectivity index (χ2v) is 8.72. The van der Waals surface area contributed by atoms with Gasteiger partial charge in [-0.25, -0.2) is 27.5 Å². The summed E-state index contributed by atoms with van der Waals surface area (Å²) < 4.78 is 88.8. The molecule has 0 bridgehead atoms. The second kappa shape index (κ2) is 10.4. The molecule has 1 fully saturated rings. The summed E-state index contributed by atoms with van der Waals surface area (Å²) in [4.78, 5) is 15.6. The third-order valence-electron chi connectivity index (χ3n) is 5.54. The van der Waals surface area contributed by atoms with Gasteiger partial charge in [0.1, 0.15) is 30.1 Å².